The molecule has 7 heteroatoms. The molecule has 0 bridgehead atoms. The first-order valence-corrected chi connectivity index (χ1v) is 8.93. The van der Waals surface area contributed by atoms with E-state index in [1.54, 1.807) is 25.4 Å². The molecule has 0 radical (unpaired) electrons. The molecule has 2 heterocycles. The fourth-order valence-electron chi connectivity index (χ4n) is 2.73. The van der Waals surface area contributed by atoms with Gasteiger partial charge in [-0.2, -0.15) is 0 Å². The zero-order valence-corrected chi connectivity index (χ0v) is 14.8. The number of methoxy groups -OCH3 is 1. The lowest BCUT2D eigenvalue weighted by Gasteiger charge is -2.38. The molecule has 3 N–H and O–H groups in total. The number of aliphatic hydroxyl groups excluding tert-OH is 3. The van der Waals surface area contributed by atoms with Gasteiger partial charge in [-0.3, -0.25) is 0 Å². The predicted molar refractivity (Wildman–Crippen MR) is 93.1 cm³/mol. The molecular formula is C18H22O6S. The van der Waals surface area contributed by atoms with Crippen molar-refractivity contribution in [2.75, 3.05) is 7.11 Å². The molecule has 0 saturated carbocycles. The number of hydrogen-bond donors (Lipinski definition) is 3. The maximum Gasteiger partial charge on any atom is 0.229 e. The van der Waals surface area contributed by atoms with E-state index in [0.717, 1.165) is 16.2 Å². The Morgan fingerprint density at radius 3 is 2.44 bits per heavy atom. The van der Waals surface area contributed by atoms with Crippen LogP contribution in [0.2, 0.25) is 0 Å². The summed E-state index contributed by atoms with van der Waals surface area (Å²) in [6.45, 7) is 1.63. The van der Waals surface area contributed by atoms with Gasteiger partial charge in [0, 0.05) is 6.42 Å². The maximum atomic E-state index is 10.1. The summed E-state index contributed by atoms with van der Waals surface area (Å²) in [5, 5.41) is 31.6. The highest BCUT2D eigenvalue weighted by molar-refractivity contribution is 7.10. The van der Waals surface area contributed by atoms with Crippen molar-refractivity contribution in [1.82, 2.24) is 0 Å². The van der Waals surface area contributed by atoms with Crippen molar-refractivity contribution in [3.8, 4) is 11.5 Å². The van der Waals surface area contributed by atoms with E-state index in [2.05, 4.69) is 0 Å². The van der Waals surface area contributed by atoms with Gasteiger partial charge < -0.3 is 29.5 Å². The number of thiophene rings is 1. The van der Waals surface area contributed by atoms with Crippen LogP contribution in [-0.2, 0) is 11.2 Å². The van der Waals surface area contributed by atoms with Gasteiger partial charge in [0.1, 0.15) is 29.8 Å². The van der Waals surface area contributed by atoms with Gasteiger partial charge in [-0.05, 0) is 36.1 Å². The average molecular weight is 366 g/mol. The summed E-state index contributed by atoms with van der Waals surface area (Å²) in [5.41, 5.74) is 1.10. The molecule has 136 valence electrons. The minimum Gasteiger partial charge on any atom is -0.497 e. The normalized spacial score (nSPS) is 29.4. The zero-order chi connectivity index (χ0) is 18.0. The van der Waals surface area contributed by atoms with E-state index in [9.17, 15) is 15.3 Å². The Hall–Kier alpha value is -1.64. The zero-order valence-electron chi connectivity index (χ0n) is 14.0. The van der Waals surface area contributed by atoms with Gasteiger partial charge in [0.25, 0.3) is 0 Å². The van der Waals surface area contributed by atoms with E-state index in [0.29, 0.717) is 12.2 Å². The van der Waals surface area contributed by atoms with Gasteiger partial charge in [-0.15, -0.1) is 11.3 Å². The van der Waals surface area contributed by atoms with Crippen LogP contribution >= 0.6 is 11.3 Å². The van der Waals surface area contributed by atoms with Gasteiger partial charge in [-0.25, -0.2) is 0 Å². The van der Waals surface area contributed by atoms with Gasteiger partial charge in [-0.1, -0.05) is 12.1 Å². The molecule has 1 aromatic heterocycles. The Morgan fingerprint density at radius 1 is 1.04 bits per heavy atom. The predicted octanol–water partition coefficient (Wildman–Crippen LogP) is 1.55. The fourth-order valence-corrected chi connectivity index (χ4v) is 3.57. The maximum absolute atomic E-state index is 10.1. The summed E-state index contributed by atoms with van der Waals surface area (Å²) < 4.78 is 16.4. The summed E-state index contributed by atoms with van der Waals surface area (Å²) in [4.78, 5) is 0.981. The topological polar surface area (TPSA) is 88.4 Å². The van der Waals surface area contributed by atoms with E-state index in [1.807, 2.05) is 35.7 Å². The van der Waals surface area contributed by atoms with Crippen molar-refractivity contribution in [2.24, 2.45) is 0 Å². The Morgan fingerprint density at radius 2 is 1.76 bits per heavy atom. The Balaban J connectivity index is 1.71. The highest BCUT2D eigenvalue weighted by Crippen LogP contribution is 2.31. The molecule has 1 fully saturated rings. The summed E-state index contributed by atoms with van der Waals surface area (Å²) >= 11 is 1.54. The smallest absolute Gasteiger partial charge is 0.229 e. The van der Waals surface area contributed by atoms with Crippen LogP contribution in [0.25, 0.3) is 0 Å². The molecule has 1 saturated heterocycles. The molecule has 0 amide bonds. The van der Waals surface area contributed by atoms with E-state index >= 15 is 0 Å². The lowest BCUT2D eigenvalue weighted by Crippen LogP contribution is -2.58. The third kappa shape index (κ3) is 3.96. The van der Waals surface area contributed by atoms with E-state index < -0.39 is 30.7 Å². The number of rotatable bonds is 5. The van der Waals surface area contributed by atoms with Crippen LogP contribution in [0.1, 0.15) is 17.4 Å². The second-order valence-electron chi connectivity index (χ2n) is 6.03. The Bertz CT molecular complexity index is 685. The summed E-state index contributed by atoms with van der Waals surface area (Å²) in [5.74, 6) is 1.40. The van der Waals surface area contributed by atoms with Crippen molar-refractivity contribution < 1.29 is 29.5 Å². The lowest BCUT2D eigenvalue weighted by molar-refractivity contribution is -0.268. The molecule has 1 aliphatic heterocycles. The minimum atomic E-state index is -1.32. The largest absolute Gasteiger partial charge is 0.497 e. The van der Waals surface area contributed by atoms with Crippen molar-refractivity contribution in [1.29, 1.82) is 0 Å². The van der Waals surface area contributed by atoms with Crippen molar-refractivity contribution in [3.05, 3.63) is 46.2 Å². The molecule has 0 aliphatic carbocycles. The molecule has 1 unspecified atom stereocenters. The monoisotopic (exact) mass is 366 g/mol. The molecule has 1 aromatic carbocycles. The summed E-state index contributed by atoms with van der Waals surface area (Å²) in [6, 6.07) is 9.57. The molecule has 6 nitrogen and oxygen atoms in total. The SMILES string of the molecule is COc1ccc(Cc2sccc2O[C@@H]2OC(C)[C@@H](O)[C@H](O)[C@H]2O)cc1. The number of aliphatic hydroxyl groups is 3. The van der Waals surface area contributed by atoms with Crippen LogP contribution in [0.4, 0.5) is 0 Å². The van der Waals surface area contributed by atoms with Crippen molar-refractivity contribution in [2.45, 2.75) is 44.1 Å². The van der Waals surface area contributed by atoms with Gasteiger partial charge in [0.15, 0.2) is 0 Å². The van der Waals surface area contributed by atoms with Gasteiger partial charge in [0.05, 0.1) is 18.1 Å². The lowest BCUT2D eigenvalue weighted by atomic mass is 10.00. The second kappa shape index (κ2) is 7.72. The highest BCUT2D eigenvalue weighted by Gasteiger charge is 2.43. The van der Waals surface area contributed by atoms with Gasteiger partial charge in [0.2, 0.25) is 6.29 Å². The van der Waals surface area contributed by atoms with Crippen molar-refractivity contribution >= 4 is 11.3 Å². The number of ether oxygens (including phenoxy) is 3. The average Bonchev–Trinajstić information content (AvgIpc) is 3.05. The third-order valence-corrected chi connectivity index (χ3v) is 5.18. The van der Waals surface area contributed by atoms with Crippen LogP contribution < -0.4 is 9.47 Å². The van der Waals surface area contributed by atoms with Crippen LogP contribution in [0.15, 0.2) is 35.7 Å². The third-order valence-electron chi connectivity index (χ3n) is 4.28. The molecule has 3 rings (SSSR count). The Labute approximate surface area is 150 Å². The first-order valence-electron chi connectivity index (χ1n) is 8.05. The summed E-state index contributed by atoms with van der Waals surface area (Å²) in [6.07, 6.45) is -4.77. The molecule has 0 spiro atoms. The van der Waals surface area contributed by atoms with Crippen LogP contribution in [-0.4, -0.2) is 53.1 Å². The first-order chi connectivity index (χ1) is 12.0. The van der Waals surface area contributed by atoms with E-state index in [4.69, 9.17) is 14.2 Å². The van der Waals surface area contributed by atoms with Crippen LogP contribution in [0, 0.1) is 0 Å². The minimum absolute atomic E-state index is 0.598. The fraction of sp³-hybridized carbons (Fsp3) is 0.444. The summed E-state index contributed by atoms with van der Waals surface area (Å²) in [7, 11) is 1.63. The standard InChI is InChI=1S/C18H22O6S/c1-10-15(19)16(20)17(21)18(23-10)24-13-7-8-25-14(13)9-11-3-5-12(22-2)6-4-11/h3-8,10,15-21H,9H2,1-2H3/t10?,15-,16+,17-,18+/m1/s1. The van der Waals surface area contributed by atoms with E-state index in [-0.39, 0.29) is 0 Å². The molecule has 5 atom stereocenters. The quantitative estimate of drug-likeness (QED) is 0.744. The van der Waals surface area contributed by atoms with E-state index in [1.165, 1.54) is 0 Å². The van der Waals surface area contributed by atoms with Crippen LogP contribution in [0.5, 0.6) is 11.5 Å². The first kappa shape index (κ1) is 18.2. The molecule has 1 aliphatic rings. The van der Waals surface area contributed by atoms with Gasteiger partial charge >= 0.3 is 0 Å². The Kier molecular flexibility index (Phi) is 5.61. The molecule has 2 aromatic rings. The number of hydrogen-bond acceptors (Lipinski definition) is 7. The highest BCUT2D eigenvalue weighted by atomic mass is 32.1. The van der Waals surface area contributed by atoms with Crippen molar-refractivity contribution in [3.63, 3.8) is 0 Å². The second-order valence-corrected chi connectivity index (χ2v) is 7.03. The molecule has 25 heavy (non-hydrogen) atoms. The molecular weight excluding hydrogens is 344 g/mol. The number of benzene rings is 1. The van der Waals surface area contributed by atoms with Crippen LogP contribution in [0.3, 0.4) is 0 Å².